The molecule has 0 aromatic rings. The van der Waals surface area contributed by atoms with Crippen molar-refractivity contribution in [2.24, 2.45) is 0 Å². The maximum absolute atomic E-state index is 11.0. The van der Waals surface area contributed by atoms with Crippen LogP contribution in [0.1, 0.15) is 0 Å². The Morgan fingerprint density at radius 2 is 1.81 bits per heavy atom. The number of aldehydes is 1. The summed E-state index contributed by atoms with van der Waals surface area (Å²) in [6.45, 7) is 3.86. The van der Waals surface area contributed by atoms with Crippen LogP contribution in [0.5, 0.6) is 0 Å². The molecule has 0 spiro atoms. The zero-order valence-electron chi connectivity index (χ0n) is 8.78. The fraction of sp³-hybridized carbons (Fsp3) is 0.444. The molecular formula is C9H15N3O3S. The Kier molecular flexibility index (Phi) is 7.96. The third-order valence-corrected chi connectivity index (χ3v) is 1.81. The van der Waals surface area contributed by atoms with Gasteiger partial charge in [0.05, 0.1) is 25.4 Å². The van der Waals surface area contributed by atoms with Gasteiger partial charge in [0.2, 0.25) is 11.8 Å². The molecule has 0 aliphatic carbocycles. The first kappa shape index (κ1) is 14.5. The summed E-state index contributed by atoms with van der Waals surface area (Å²) in [6, 6.07) is 0. The van der Waals surface area contributed by atoms with Crippen LogP contribution >= 0.6 is 12.6 Å². The van der Waals surface area contributed by atoms with Crippen LogP contribution in [-0.4, -0.2) is 43.5 Å². The Balaban J connectivity index is 3.60. The van der Waals surface area contributed by atoms with Gasteiger partial charge in [0, 0.05) is 5.70 Å². The van der Waals surface area contributed by atoms with E-state index in [1.807, 2.05) is 0 Å². The van der Waals surface area contributed by atoms with Crippen LogP contribution in [0, 0.1) is 0 Å². The predicted molar refractivity (Wildman–Crippen MR) is 63.1 cm³/mol. The SMILES string of the molecule is C=C(CNC(=O)CS)NCC(=O)NCC=O. The summed E-state index contributed by atoms with van der Waals surface area (Å²) in [6.07, 6.45) is 0.597. The number of nitrogens with one attached hydrogen (secondary N) is 3. The van der Waals surface area contributed by atoms with Crippen molar-refractivity contribution in [3.8, 4) is 0 Å². The number of carbonyl (C=O) groups is 3. The Labute approximate surface area is 99.3 Å². The number of hydrogen-bond donors (Lipinski definition) is 4. The van der Waals surface area contributed by atoms with Gasteiger partial charge in [-0.25, -0.2) is 0 Å². The highest BCUT2D eigenvalue weighted by atomic mass is 32.1. The first-order chi connectivity index (χ1) is 7.60. The lowest BCUT2D eigenvalue weighted by Crippen LogP contribution is -2.37. The van der Waals surface area contributed by atoms with E-state index in [1.54, 1.807) is 0 Å². The molecule has 0 aliphatic rings. The van der Waals surface area contributed by atoms with Crippen LogP contribution in [-0.2, 0) is 14.4 Å². The van der Waals surface area contributed by atoms with Gasteiger partial charge in [0.15, 0.2) is 0 Å². The highest BCUT2D eigenvalue weighted by molar-refractivity contribution is 7.81. The molecule has 6 nitrogen and oxygen atoms in total. The number of carbonyl (C=O) groups excluding carboxylic acids is 3. The lowest BCUT2D eigenvalue weighted by atomic mass is 10.4. The minimum atomic E-state index is -0.311. The van der Waals surface area contributed by atoms with Gasteiger partial charge < -0.3 is 20.7 Å². The third-order valence-electron chi connectivity index (χ3n) is 1.52. The molecule has 2 amide bonds. The molecule has 0 atom stereocenters. The van der Waals surface area contributed by atoms with Crippen LogP contribution in [0.4, 0.5) is 0 Å². The number of rotatable bonds is 8. The third kappa shape index (κ3) is 7.86. The van der Waals surface area contributed by atoms with Crippen LogP contribution in [0.3, 0.4) is 0 Å². The predicted octanol–water partition coefficient (Wildman–Crippen LogP) is -1.55. The molecule has 0 fully saturated rings. The summed E-state index contributed by atoms with van der Waals surface area (Å²) in [5.41, 5.74) is 0.511. The van der Waals surface area contributed by atoms with Crippen molar-refractivity contribution in [2.45, 2.75) is 0 Å². The van der Waals surface area contributed by atoms with Gasteiger partial charge in [0.25, 0.3) is 0 Å². The topological polar surface area (TPSA) is 87.3 Å². The van der Waals surface area contributed by atoms with Crippen molar-refractivity contribution in [1.82, 2.24) is 16.0 Å². The lowest BCUT2D eigenvalue weighted by molar-refractivity contribution is -0.121. The average Bonchev–Trinajstić information content (AvgIpc) is 2.30. The molecule has 3 N–H and O–H groups in total. The summed E-state index contributed by atoms with van der Waals surface area (Å²) >= 11 is 3.78. The first-order valence-corrected chi connectivity index (χ1v) is 5.23. The van der Waals surface area contributed by atoms with Crippen molar-refractivity contribution in [2.75, 3.05) is 25.4 Å². The Morgan fingerprint density at radius 3 is 2.38 bits per heavy atom. The molecule has 90 valence electrons. The number of hydrogen-bond acceptors (Lipinski definition) is 5. The van der Waals surface area contributed by atoms with Crippen LogP contribution in [0.15, 0.2) is 12.3 Å². The van der Waals surface area contributed by atoms with Crippen molar-refractivity contribution in [3.63, 3.8) is 0 Å². The molecule has 7 heteroatoms. The quantitative estimate of drug-likeness (QED) is 0.308. The summed E-state index contributed by atoms with van der Waals surface area (Å²) < 4.78 is 0. The van der Waals surface area contributed by atoms with E-state index in [0.717, 1.165) is 0 Å². The average molecular weight is 245 g/mol. The lowest BCUT2D eigenvalue weighted by Gasteiger charge is -2.09. The second-order valence-electron chi connectivity index (χ2n) is 2.86. The summed E-state index contributed by atoms with van der Waals surface area (Å²) in [5, 5.41) is 7.60. The van der Waals surface area contributed by atoms with Gasteiger partial charge in [0.1, 0.15) is 6.29 Å². The van der Waals surface area contributed by atoms with E-state index in [0.29, 0.717) is 12.0 Å². The van der Waals surface area contributed by atoms with Gasteiger partial charge in [-0.2, -0.15) is 12.6 Å². The van der Waals surface area contributed by atoms with Gasteiger partial charge in [-0.3, -0.25) is 9.59 Å². The van der Waals surface area contributed by atoms with E-state index in [9.17, 15) is 14.4 Å². The van der Waals surface area contributed by atoms with E-state index in [2.05, 4.69) is 35.2 Å². The maximum atomic E-state index is 11.0. The van der Waals surface area contributed by atoms with E-state index >= 15 is 0 Å². The Bertz CT molecular complexity index is 281. The summed E-state index contributed by atoms with van der Waals surface area (Å²) in [7, 11) is 0. The minimum Gasteiger partial charge on any atom is -0.379 e. The molecule has 0 saturated heterocycles. The van der Waals surface area contributed by atoms with Gasteiger partial charge in [-0.15, -0.1) is 0 Å². The normalized spacial score (nSPS) is 9.06. The van der Waals surface area contributed by atoms with E-state index in [1.165, 1.54) is 0 Å². The highest BCUT2D eigenvalue weighted by Crippen LogP contribution is 1.81. The fourth-order valence-corrected chi connectivity index (χ4v) is 0.859. The highest BCUT2D eigenvalue weighted by Gasteiger charge is 2.01. The van der Waals surface area contributed by atoms with Crippen molar-refractivity contribution >= 4 is 30.7 Å². The smallest absolute Gasteiger partial charge is 0.239 e. The second-order valence-corrected chi connectivity index (χ2v) is 3.18. The van der Waals surface area contributed by atoms with Crippen molar-refractivity contribution in [3.05, 3.63) is 12.3 Å². The summed E-state index contributed by atoms with van der Waals surface area (Å²) in [4.78, 5) is 31.8. The van der Waals surface area contributed by atoms with E-state index in [-0.39, 0.29) is 37.2 Å². The largest absolute Gasteiger partial charge is 0.379 e. The van der Waals surface area contributed by atoms with Crippen molar-refractivity contribution in [1.29, 1.82) is 0 Å². The monoisotopic (exact) mass is 245 g/mol. The minimum absolute atomic E-state index is 0.0105. The maximum Gasteiger partial charge on any atom is 0.239 e. The first-order valence-electron chi connectivity index (χ1n) is 4.59. The Morgan fingerprint density at radius 1 is 1.12 bits per heavy atom. The molecule has 0 heterocycles. The molecular weight excluding hydrogens is 230 g/mol. The molecule has 0 rings (SSSR count). The molecule has 16 heavy (non-hydrogen) atoms. The van der Waals surface area contributed by atoms with Gasteiger partial charge >= 0.3 is 0 Å². The molecule has 0 aromatic carbocycles. The molecule has 0 saturated carbocycles. The van der Waals surface area contributed by atoms with E-state index < -0.39 is 0 Å². The zero-order valence-corrected chi connectivity index (χ0v) is 9.68. The fourth-order valence-electron chi connectivity index (χ4n) is 0.747. The second kappa shape index (κ2) is 8.78. The standard InChI is InChI=1S/C9H15N3O3S/c1-7(4-12-9(15)6-16)11-5-8(14)10-2-3-13/h3,11,16H,1-2,4-6H2,(H,10,14)(H,12,15). The molecule has 0 unspecified atom stereocenters. The molecule has 0 aliphatic heterocycles. The van der Waals surface area contributed by atoms with Crippen LogP contribution in [0.2, 0.25) is 0 Å². The number of amides is 2. The van der Waals surface area contributed by atoms with E-state index in [4.69, 9.17) is 0 Å². The molecule has 0 aromatic heterocycles. The number of thiol groups is 1. The van der Waals surface area contributed by atoms with Gasteiger partial charge in [-0.1, -0.05) is 6.58 Å². The Hall–Kier alpha value is -1.50. The van der Waals surface area contributed by atoms with Crippen molar-refractivity contribution < 1.29 is 14.4 Å². The zero-order chi connectivity index (χ0) is 12.4. The molecule has 0 radical (unpaired) electrons. The van der Waals surface area contributed by atoms with Gasteiger partial charge in [-0.05, 0) is 0 Å². The summed E-state index contributed by atoms with van der Waals surface area (Å²) in [5.74, 6) is -0.418. The molecule has 0 bridgehead atoms. The van der Waals surface area contributed by atoms with Crippen LogP contribution in [0.25, 0.3) is 0 Å². The van der Waals surface area contributed by atoms with Crippen LogP contribution < -0.4 is 16.0 Å².